The number of hydrogen-bond acceptors (Lipinski definition) is 3. The smallest absolute Gasteiger partial charge is 0.324 e. The lowest BCUT2D eigenvalue weighted by Gasteiger charge is -2.45. The fraction of sp³-hybridized carbons (Fsp3) is 0.923. The Labute approximate surface area is 103 Å². The van der Waals surface area contributed by atoms with E-state index in [0.29, 0.717) is 32.1 Å². The van der Waals surface area contributed by atoms with Crippen LogP contribution >= 0.6 is 0 Å². The van der Waals surface area contributed by atoms with Crippen molar-refractivity contribution >= 4 is 5.97 Å². The molecule has 1 aliphatic heterocycles. The molecule has 1 aliphatic carbocycles. The van der Waals surface area contributed by atoms with Gasteiger partial charge in [-0.3, -0.25) is 9.69 Å². The number of likely N-dealkylation sites (N-methyl/N-ethyl adjacent to an activating group) is 1. The lowest BCUT2D eigenvalue weighted by Crippen LogP contribution is -2.59. The van der Waals surface area contributed by atoms with Crippen LogP contribution in [0.25, 0.3) is 0 Å². The monoisotopic (exact) mass is 241 g/mol. The molecule has 2 rings (SSSR count). The van der Waals surface area contributed by atoms with Crippen molar-refractivity contribution in [3.8, 4) is 0 Å². The van der Waals surface area contributed by atoms with E-state index >= 15 is 0 Å². The van der Waals surface area contributed by atoms with E-state index < -0.39 is 11.5 Å². The van der Waals surface area contributed by atoms with Gasteiger partial charge in [0.2, 0.25) is 0 Å². The Balaban J connectivity index is 2.11. The highest BCUT2D eigenvalue weighted by Crippen LogP contribution is 2.33. The van der Waals surface area contributed by atoms with Crippen LogP contribution in [0.1, 0.15) is 44.9 Å². The predicted octanol–water partition coefficient (Wildman–Crippen LogP) is 1.88. The molecule has 4 heteroatoms. The van der Waals surface area contributed by atoms with Crippen molar-refractivity contribution in [2.45, 2.75) is 56.5 Å². The lowest BCUT2D eigenvalue weighted by molar-refractivity contribution is -0.160. The first-order chi connectivity index (χ1) is 8.17. The van der Waals surface area contributed by atoms with E-state index in [1.807, 2.05) is 7.05 Å². The predicted molar refractivity (Wildman–Crippen MR) is 65.1 cm³/mol. The third-order valence-electron chi connectivity index (χ3n) is 4.52. The highest BCUT2D eigenvalue weighted by molar-refractivity contribution is 5.79. The number of hydrogen-bond donors (Lipinski definition) is 1. The lowest BCUT2D eigenvalue weighted by atomic mass is 9.84. The van der Waals surface area contributed by atoms with Gasteiger partial charge in [0.25, 0.3) is 0 Å². The highest BCUT2D eigenvalue weighted by Gasteiger charge is 2.46. The summed E-state index contributed by atoms with van der Waals surface area (Å²) in [6.45, 7) is 1.15. The van der Waals surface area contributed by atoms with Crippen molar-refractivity contribution in [3.05, 3.63) is 0 Å². The standard InChI is InChI=1S/C13H23NO3/c1-14(11-5-3-2-4-6-11)13(12(15)16)7-9-17-10-8-13/h11H,2-10H2,1H3,(H,15,16). The van der Waals surface area contributed by atoms with Crippen molar-refractivity contribution in [3.63, 3.8) is 0 Å². The third kappa shape index (κ3) is 2.47. The Morgan fingerprint density at radius 1 is 1.24 bits per heavy atom. The Hall–Kier alpha value is -0.610. The van der Waals surface area contributed by atoms with Crippen LogP contribution in [-0.4, -0.2) is 47.8 Å². The molecule has 0 aromatic carbocycles. The van der Waals surface area contributed by atoms with E-state index in [4.69, 9.17) is 4.74 Å². The topological polar surface area (TPSA) is 49.8 Å². The van der Waals surface area contributed by atoms with Gasteiger partial charge >= 0.3 is 5.97 Å². The van der Waals surface area contributed by atoms with Crippen LogP contribution in [0.5, 0.6) is 0 Å². The second-order valence-electron chi connectivity index (χ2n) is 5.35. The quantitative estimate of drug-likeness (QED) is 0.819. The molecule has 0 aromatic rings. The maximum atomic E-state index is 11.7. The van der Waals surface area contributed by atoms with Gasteiger partial charge < -0.3 is 9.84 Å². The Morgan fingerprint density at radius 3 is 2.35 bits per heavy atom. The second kappa shape index (κ2) is 5.36. The molecule has 1 N–H and O–H groups in total. The van der Waals surface area contributed by atoms with E-state index in [9.17, 15) is 9.90 Å². The first-order valence-corrected chi connectivity index (χ1v) is 6.71. The first kappa shape index (κ1) is 12.8. The van der Waals surface area contributed by atoms with E-state index in [1.54, 1.807) is 0 Å². The van der Waals surface area contributed by atoms with Gasteiger partial charge in [-0.15, -0.1) is 0 Å². The van der Waals surface area contributed by atoms with E-state index in [1.165, 1.54) is 19.3 Å². The summed E-state index contributed by atoms with van der Waals surface area (Å²) in [6.07, 6.45) is 7.30. The Bertz CT molecular complexity index is 268. The summed E-state index contributed by atoms with van der Waals surface area (Å²) >= 11 is 0. The van der Waals surface area contributed by atoms with Crippen molar-refractivity contribution in [2.24, 2.45) is 0 Å². The van der Waals surface area contributed by atoms with Gasteiger partial charge in [-0.1, -0.05) is 19.3 Å². The average molecular weight is 241 g/mol. The molecule has 0 unspecified atom stereocenters. The Morgan fingerprint density at radius 2 is 1.82 bits per heavy atom. The van der Waals surface area contributed by atoms with Gasteiger partial charge in [0.15, 0.2) is 0 Å². The summed E-state index contributed by atoms with van der Waals surface area (Å²) in [5, 5.41) is 9.59. The maximum absolute atomic E-state index is 11.7. The molecule has 1 saturated carbocycles. The van der Waals surface area contributed by atoms with Crippen LogP contribution in [0.3, 0.4) is 0 Å². The summed E-state index contributed by atoms with van der Waals surface area (Å²) < 4.78 is 5.32. The van der Waals surface area contributed by atoms with Crippen molar-refractivity contribution in [1.82, 2.24) is 4.90 Å². The average Bonchev–Trinajstić information content (AvgIpc) is 2.39. The molecule has 0 bridgehead atoms. The summed E-state index contributed by atoms with van der Waals surface area (Å²) in [6, 6.07) is 0.443. The van der Waals surface area contributed by atoms with Crippen LogP contribution in [0.15, 0.2) is 0 Å². The van der Waals surface area contributed by atoms with Crippen LogP contribution in [0.2, 0.25) is 0 Å². The molecule has 0 amide bonds. The zero-order valence-electron chi connectivity index (χ0n) is 10.7. The number of rotatable bonds is 3. The number of carbonyl (C=O) groups is 1. The molecule has 2 fully saturated rings. The number of nitrogens with zero attached hydrogens (tertiary/aromatic N) is 1. The number of ether oxygens (including phenoxy) is 1. The van der Waals surface area contributed by atoms with Crippen molar-refractivity contribution in [1.29, 1.82) is 0 Å². The van der Waals surface area contributed by atoms with Crippen molar-refractivity contribution in [2.75, 3.05) is 20.3 Å². The SMILES string of the molecule is CN(C1CCCCC1)C1(C(=O)O)CCOCC1. The first-order valence-electron chi connectivity index (χ1n) is 6.71. The summed E-state index contributed by atoms with van der Waals surface area (Å²) in [4.78, 5) is 13.8. The zero-order chi connectivity index (χ0) is 12.3. The molecule has 0 spiro atoms. The second-order valence-corrected chi connectivity index (χ2v) is 5.35. The molecule has 0 radical (unpaired) electrons. The van der Waals surface area contributed by atoms with Crippen LogP contribution < -0.4 is 0 Å². The summed E-state index contributed by atoms with van der Waals surface area (Å²) in [5.41, 5.74) is -0.680. The van der Waals surface area contributed by atoms with Crippen LogP contribution in [0.4, 0.5) is 0 Å². The van der Waals surface area contributed by atoms with Crippen molar-refractivity contribution < 1.29 is 14.6 Å². The molecule has 0 atom stereocenters. The molecule has 4 nitrogen and oxygen atoms in total. The number of carboxylic acids is 1. The van der Waals surface area contributed by atoms with E-state index in [2.05, 4.69) is 4.90 Å². The molecule has 1 heterocycles. The normalized spacial score (nSPS) is 26.0. The molecular formula is C13H23NO3. The maximum Gasteiger partial charge on any atom is 0.324 e. The molecular weight excluding hydrogens is 218 g/mol. The molecule has 17 heavy (non-hydrogen) atoms. The Kier molecular flexibility index (Phi) is 4.05. The van der Waals surface area contributed by atoms with Crippen LogP contribution in [0, 0.1) is 0 Å². The minimum atomic E-state index is -0.680. The molecule has 1 saturated heterocycles. The van der Waals surface area contributed by atoms with Gasteiger partial charge in [-0.25, -0.2) is 0 Å². The van der Waals surface area contributed by atoms with Gasteiger partial charge in [0.05, 0.1) is 0 Å². The fourth-order valence-corrected chi connectivity index (χ4v) is 3.24. The van der Waals surface area contributed by atoms with E-state index in [-0.39, 0.29) is 0 Å². The third-order valence-corrected chi connectivity index (χ3v) is 4.52. The molecule has 98 valence electrons. The molecule has 2 aliphatic rings. The van der Waals surface area contributed by atoms with Gasteiger partial charge in [0.1, 0.15) is 5.54 Å². The fourth-order valence-electron chi connectivity index (χ4n) is 3.24. The summed E-state index contributed by atoms with van der Waals surface area (Å²) in [5.74, 6) is -0.672. The zero-order valence-corrected chi connectivity index (χ0v) is 10.7. The number of aliphatic carboxylic acids is 1. The molecule has 0 aromatic heterocycles. The number of carboxylic acid groups (broad SMARTS) is 1. The van der Waals surface area contributed by atoms with E-state index in [0.717, 1.165) is 12.8 Å². The minimum Gasteiger partial charge on any atom is -0.480 e. The highest BCUT2D eigenvalue weighted by atomic mass is 16.5. The van der Waals surface area contributed by atoms with Crippen LogP contribution in [-0.2, 0) is 9.53 Å². The van der Waals surface area contributed by atoms with Gasteiger partial charge in [0, 0.05) is 19.3 Å². The largest absolute Gasteiger partial charge is 0.480 e. The summed E-state index contributed by atoms with van der Waals surface area (Å²) in [7, 11) is 2.00. The van der Waals surface area contributed by atoms with Gasteiger partial charge in [-0.05, 0) is 32.7 Å². The minimum absolute atomic E-state index is 0.443. The van der Waals surface area contributed by atoms with Gasteiger partial charge in [-0.2, -0.15) is 0 Å².